The fraction of sp³-hybridized carbons (Fsp3) is 0.778. The van der Waals surface area contributed by atoms with E-state index in [9.17, 15) is 9.59 Å². The SMILES string of the molecule is CCOCCCNC(=O)CSCC(=O)O. The zero-order chi connectivity index (χ0) is 11.5. The van der Waals surface area contributed by atoms with E-state index in [1.165, 1.54) is 0 Å². The van der Waals surface area contributed by atoms with E-state index in [2.05, 4.69) is 5.32 Å². The minimum absolute atomic E-state index is 0.0354. The van der Waals surface area contributed by atoms with Crippen LogP contribution in [0.1, 0.15) is 13.3 Å². The highest BCUT2D eigenvalue weighted by Gasteiger charge is 2.02. The van der Waals surface area contributed by atoms with Crippen LogP contribution in [0.25, 0.3) is 0 Å². The van der Waals surface area contributed by atoms with E-state index in [1.54, 1.807) is 0 Å². The zero-order valence-electron chi connectivity index (χ0n) is 8.82. The molecule has 0 aromatic heterocycles. The average molecular weight is 235 g/mol. The maximum Gasteiger partial charge on any atom is 0.313 e. The van der Waals surface area contributed by atoms with Crippen molar-refractivity contribution in [3.05, 3.63) is 0 Å². The first kappa shape index (κ1) is 14.2. The summed E-state index contributed by atoms with van der Waals surface area (Å²) in [7, 11) is 0. The summed E-state index contributed by atoms with van der Waals surface area (Å²) in [6, 6.07) is 0. The molecular formula is C9H17NO4S. The number of carboxylic acids is 1. The molecule has 0 radical (unpaired) electrons. The van der Waals surface area contributed by atoms with Crippen molar-refractivity contribution in [2.75, 3.05) is 31.3 Å². The van der Waals surface area contributed by atoms with Crippen LogP contribution in [0.2, 0.25) is 0 Å². The van der Waals surface area contributed by atoms with E-state index in [1.807, 2.05) is 6.92 Å². The Labute approximate surface area is 93.6 Å². The number of carboxylic acid groups (broad SMARTS) is 1. The normalized spacial score (nSPS) is 9.93. The molecule has 0 aliphatic heterocycles. The first-order chi connectivity index (χ1) is 7.16. The molecule has 1 amide bonds. The van der Waals surface area contributed by atoms with Gasteiger partial charge in [0.2, 0.25) is 5.91 Å². The number of amides is 1. The fourth-order valence-electron chi connectivity index (χ4n) is 0.828. The van der Waals surface area contributed by atoms with E-state index in [-0.39, 0.29) is 17.4 Å². The van der Waals surface area contributed by atoms with Crippen LogP contribution >= 0.6 is 11.8 Å². The highest BCUT2D eigenvalue weighted by atomic mass is 32.2. The molecule has 88 valence electrons. The quantitative estimate of drug-likeness (QED) is 0.564. The van der Waals surface area contributed by atoms with Gasteiger partial charge in [-0.25, -0.2) is 0 Å². The second-order valence-electron chi connectivity index (χ2n) is 2.79. The number of thioether (sulfide) groups is 1. The number of nitrogens with one attached hydrogen (secondary N) is 1. The number of carbonyl (C=O) groups excluding carboxylic acids is 1. The van der Waals surface area contributed by atoms with Gasteiger partial charge in [-0.15, -0.1) is 11.8 Å². The standard InChI is InChI=1S/C9H17NO4S/c1-2-14-5-3-4-10-8(11)6-15-7-9(12)13/h2-7H2,1H3,(H,10,11)(H,12,13). The molecule has 0 aliphatic carbocycles. The van der Waals surface area contributed by atoms with Gasteiger partial charge in [-0.05, 0) is 13.3 Å². The van der Waals surface area contributed by atoms with Crippen molar-refractivity contribution in [2.45, 2.75) is 13.3 Å². The lowest BCUT2D eigenvalue weighted by atomic mass is 10.4. The molecule has 0 heterocycles. The van der Waals surface area contributed by atoms with Gasteiger partial charge in [0.15, 0.2) is 0 Å². The number of rotatable bonds is 9. The summed E-state index contributed by atoms with van der Waals surface area (Å²) in [5.74, 6) is -0.866. The van der Waals surface area contributed by atoms with E-state index >= 15 is 0 Å². The van der Waals surface area contributed by atoms with E-state index in [0.29, 0.717) is 19.8 Å². The van der Waals surface area contributed by atoms with Crippen molar-refractivity contribution in [3.8, 4) is 0 Å². The molecule has 0 unspecified atom stereocenters. The van der Waals surface area contributed by atoms with E-state index in [0.717, 1.165) is 18.2 Å². The van der Waals surface area contributed by atoms with Gasteiger partial charge in [0.25, 0.3) is 0 Å². The molecule has 0 fully saturated rings. The summed E-state index contributed by atoms with van der Waals surface area (Å²) >= 11 is 1.09. The molecular weight excluding hydrogens is 218 g/mol. The largest absolute Gasteiger partial charge is 0.481 e. The zero-order valence-corrected chi connectivity index (χ0v) is 9.64. The Kier molecular flexibility index (Phi) is 9.30. The summed E-state index contributed by atoms with van der Waals surface area (Å²) in [4.78, 5) is 21.2. The summed E-state index contributed by atoms with van der Waals surface area (Å²) in [5.41, 5.74) is 0. The minimum Gasteiger partial charge on any atom is -0.481 e. The summed E-state index contributed by atoms with van der Waals surface area (Å²) in [6.07, 6.45) is 0.781. The third-order valence-corrected chi connectivity index (χ3v) is 2.37. The minimum atomic E-state index is -0.899. The smallest absolute Gasteiger partial charge is 0.313 e. The van der Waals surface area contributed by atoms with Gasteiger partial charge in [0.05, 0.1) is 11.5 Å². The summed E-state index contributed by atoms with van der Waals surface area (Å²) in [5, 5.41) is 11.0. The van der Waals surface area contributed by atoms with Crippen molar-refractivity contribution >= 4 is 23.6 Å². The number of carbonyl (C=O) groups is 2. The van der Waals surface area contributed by atoms with Gasteiger partial charge in [0, 0.05) is 19.8 Å². The Morgan fingerprint density at radius 1 is 1.40 bits per heavy atom. The van der Waals surface area contributed by atoms with Crippen molar-refractivity contribution in [2.24, 2.45) is 0 Å². The Morgan fingerprint density at radius 3 is 2.73 bits per heavy atom. The summed E-state index contributed by atoms with van der Waals surface area (Å²) < 4.78 is 5.09. The third kappa shape index (κ3) is 11.2. The molecule has 0 atom stereocenters. The predicted octanol–water partition coefficient (Wildman–Crippen LogP) is 0.347. The maximum absolute atomic E-state index is 11.1. The second kappa shape index (κ2) is 9.79. The van der Waals surface area contributed by atoms with Crippen molar-refractivity contribution < 1.29 is 19.4 Å². The van der Waals surface area contributed by atoms with Gasteiger partial charge in [-0.3, -0.25) is 9.59 Å². The molecule has 0 aromatic rings. The highest BCUT2D eigenvalue weighted by Crippen LogP contribution is 1.97. The Bertz CT molecular complexity index is 199. The van der Waals surface area contributed by atoms with Crippen LogP contribution in [-0.2, 0) is 14.3 Å². The molecule has 15 heavy (non-hydrogen) atoms. The molecule has 0 saturated heterocycles. The first-order valence-corrected chi connectivity index (χ1v) is 5.96. The van der Waals surface area contributed by atoms with Crippen LogP contribution in [-0.4, -0.2) is 48.2 Å². The van der Waals surface area contributed by atoms with Crippen LogP contribution in [0.15, 0.2) is 0 Å². The van der Waals surface area contributed by atoms with Crippen molar-refractivity contribution in [1.82, 2.24) is 5.32 Å². The Balaban J connectivity index is 3.22. The predicted molar refractivity (Wildman–Crippen MR) is 59.1 cm³/mol. The van der Waals surface area contributed by atoms with Crippen LogP contribution in [0.5, 0.6) is 0 Å². The Hall–Kier alpha value is -0.750. The molecule has 0 spiro atoms. The average Bonchev–Trinajstić information content (AvgIpc) is 2.17. The van der Waals surface area contributed by atoms with Gasteiger partial charge in [-0.1, -0.05) is 0 Å². The number of hydrogen-bond donors (Lipinski definition) is 2. The number of aliphatic carboxylic acids is 1. The van der Waals surface area contributed by atoms with E-state index < -0.39 is 5.97 Å². The number of ether oxygens (including phenoxy) is 1. The van der Waals surface area contributed by atoms with Crippen molar-refractivity contribution in [3.63, 3.8) is 0 Å². The van der Waals surface area contributed by atoms with Gasteiger partial charge < -0.3 is 15.2 Å². The molecule has 0 saturated carbocycles. The van der Waals surface area contributed by atoms with Gasteiger partial charge in [0.1, 0.15) is 0 Å². The molecule has 0 rings (SSSR count). The molecule has 6 heteroatoms. The third-order valence-electron chi connectivity index (χ3n) is 1.45. The van der Waals surface area contributed by atoms with Gasteiger partial charge in [-0.2, -0.15) is 0 Å². The number of hydrogen-bond acceptors (Lipinski definition) is 4. The van der Waals surface area contributed by atoms with Crippen LogP contribution < -0.4 is 5.32 Å². The molecule has 2 N–H and O–H groups in total. The molecule has 0 aromatic carbocycles. The lowest BCUT2D eigenvalue weighted by Gasteiger charge is -2.04. The van der Waals surface area contributed by atoms with Crippen LogP contribution in [0.3, 0.4) is 0 Å². The summed E-state index contributed by atoms with van der Waals surface area (Å²) in [6.45, 7) is 3.81. The lowest BCUT2D eigenvalue weighted by molar-refractivity contribution is -0.133. The lowest BCUT2D eigenvalue weighted by Crippen LogP contribution is -2.27. The van der Waals surface area contributed by atoms with E-state index in [4.69, 9.17) is 9.84 Å². The monoisotopic (exact) mass is 235 g/mol. The van der Waals surface area contributed by atoms with Crippen molar-refractivity contribution in [1.29, 1.82) is 0 Å². The highest BCUT2D eigenvalue weighted by molar-refractivity contribution is 8.00. The molecule has 0 aliphatic rings. The molecule has 5 nitrogen and oxygen atoms in total. The molecule has 0 bridgehead atoms. The topological polar surface area (TPSA) is 75.6 Å². The Morgan fingerprint density at radius 2 is 2.13 bits per heavy atom. The maximum atomic E-state index is 11.1. The van der Waals surface area contributed by atoms with Crippen LogP contribution in [0.4, 0.5) is 0 Å². The van der Waals surface area contributed by atoms with Crippen LogP contribution in [0, 0.1) is 0 Å². The fourth-order valence-corrected chi connectivity index (χ4v) is 1.39. The van der Waals surface area contributed by atoms with Gasteiger partial charge >= 0.3 is 5.97 Å². The second-order valence-corrected chi connectivity index (χ2v) is 3.77. The first-order valence-electron chi connectivity index (χ1n) is 4.80.